The average molecular weight is 992 g/mol. The van der Waals surface area contributed by atoms with Gasteiger partial charge in [0.05, 0.1) is 25.4 Å². The number of aliphatic hydroxyl groups excluding tert-OH is 5. The molecule has 1 amide bonds. The highest BCUT2D eigenvalue weighted by atomic mass is 32.3. The maximum atomic E-state index is 13.0. The van der Waals surface area contributed by atoms with Gasteiger partial charge in [-0.05, 0) is 38.5 Å². The van der Waals surface area contributed by atoms with E-state index in [0.717, 1.165) is 32.1 Å². The van der Waals surface area contributed by atoms with Crippen molar-refractivity contribution in [2.75, 3.05) is 13.2 Å². The largest absolute Gasteiger partial charge is 0.397 e. The van der Waals surface area contributed by atoms with E-state index in [0.29, 0.717) is 19.3 Å². The number of rotatable bonds is 49. The molecule has 1 aliphatic rings. The Morgan fingerprint density at radius 1 is 0.574 bits per heavy atom. The third-order valence-corrected chi connectivity index (χ3v) is 14.1. The molecule has 68 heavy (non-hydrogen) atoms. The highest BCUT2D eigenvalue weighted by molar-refractivity contribution is 7.80. The first kappa shape index (κ1) is 64.8. The Kier molecular flexibility index (Phi) is 42.4. The van der Waals surface area contributed by atoms with Crippen molar-refractivity contribution >= 4 is 16.3 Å². The molecule has 1 heterocycles. The zero-order valence-corrected chi connectivity index (χ0v) is 44.1. The van der Waals surface area contributed by atoms with Gasteiger partial charge in [0.25, 0.3) is 0 Å². The second-order valence-electron chi connectivity index (χ2n) is 20.0. The highest BCUT2D eigenvalue weighted by Crippen LogP contribution is 2.26. The normalized spacial score (nSPS) is 20.3. The number of carbonyl (C=O) groups is 1. The van der Waals surface area contributed by atoms with Gasteiger partial charge in [0, 0.05) is 0 Å². The summed E-state index contributed by atoms with van der Waals surface area (Å²) in [6.45, 7) is 3.09. The topological polar surface area (TPSA) is 212 Å². The van der Waals surface area contributed by atoms with Gasteiger partial charge in [-0.25, -0.2) is 4.18 Å². The Balaban J connectivity index is 2.03. The first-order chi connectivity index (χ1) is 32.9. The molecule has 0 saturated carbocycles. The Labute approximate surface area is 415 Å². The number of amides is 1. The number of nitrogens with one attached hydrogen (secondary N) is 1. The van der Waals surface area contributed by atoms with E-state index in [1.807, 2.05) is 6.92 Å². The standard InChI is InChI=1S/C54H105NO12S/c1-3-5-7-8-9-10-11-12-13-14-15-16-17-18-19-20-21-22-23-24-25-26-27-28-29-30-31-32-33-34-35-36-37-38-39-41-43-48(58)53(61)55-46(47(57)42-40-6-4-2)45-65-54-51(60)52(67-68(62,63)64)50(59)49(44-56)66-54/h22-23,46-52,54,56-60H,3-21,24-45H2,1-2H3,(H,55,61)(H,62,63,64)/b23-22-. The number of carbonyl (C=O) groups excluding carboxylic acids is 1. The Morgan fingerprint density at radius 3 is 1.34 bits per heavy atom. The first-order valence-electron chi connectivity index (χ1n) is 28.2. The molecule has 404 valence electrons. The minimum Gasteiger partial charge on any atom is -0.394 e. The molecule has 0 spiro atoms. The van der Waals surface area contributed by atoms with E-state index in [2.05, 4.69) is 28.6 Å². The van der Waals surface area contributed by atoms with Crippen molar-refractivity contribution < 1.29 is 57.0 Å². The van der Waals surface area contributed by atoms with Crippen LogP contribution in [-0.2, 0) is 28.9 Å². The number of hydrogen-bond donors (Lipinski definition) is 7. The van der Waals surface area contributed by atoms with E-state index < -0.39 is 78.5 Å². The molecule has 0 bridgehead atoms. The van der Waals surface area contributed by atoms with Crippen LogP contribution in [0.2, 0.25) is 0 Å². The van der Waals surface area contributed by atoms with E-state index in [1.54, 1.807) is 0 Å². The number of unbranched alkanes of at least 4 members (excludes halogenated alkanes) is 34. The van der Waals surface area contributed by atoms with Crippen molar-refractivity contribution in [3.8, 4) is 0 Å². The molecule has 1 saturated heterocycles. The Hall–Kier alpha value is -1.20. The molecule has 8 atom stereocenters. The van der Waals surface area contributed by atoms with E-state index in [9.17, 15) is 38.7 Å². The fraction of sp³-hybridized carbons (Fsp3) is 0.944. The van der Waals surface area contributed by atoms with Gasteiger partial charge in [0.1, 0.15) is 30.5 Å². The van der Waals surface area contributed by atoms with Crippen molar-refractivity contribution in [1.29, 1.82) is 0 Å². The zero-order chi connectivity index (χ0) is 49.9. The van der Waals surface area contributed by atoms with Gasteiger partial charge >= 0.3 is 10.4 Å². The maximum Gasteiger partial charge on any atom is 0.397 e. The summed E-state index contributed by atoms with van der Waals surface area (Å²) < 4.78 is 47.2. The molecule has 0 aromatic rings. The average Bonchev–Trinajstić information content (AvgIpc) is 3.31. The molecule has 13 nitrogen and oxygen atoms in total. The second kappa shape index (κ2) is 44.5. The molecule has 1 fully saturated rings. The van der Waals surface area contributed by atoms with E-state index in [4.69, 9.17) is 14.0 Å². The lowest BCUT2D eigenvalue weighted by molar-refractivity contribution is -0.298. The van der Waals surface area contributed by atoms with Crippen LogP contribution < -0.4 is 5.32 Å². The third kappa shape index (κ3) is 35.8. The van der Waals surface area contributed by atoms with E-state index in [-0.39, 0.29) is 6.42 Å². The van der Waals surface area contributed by atoms with Crippen molar-refractivity contribution in [2.24, 2.45) is 0 Å². The predicted octanol–water partition coefficient (Wildman–Crippen LogP) is 11.6. The highest BCUT2D eigenvalue weighted by Gasteiger charge is 2.48. The van der Waals surface area contributed by atoms with E-state index >= 15 is 0 Å². The van der Waals surface area contributed by atoms with Gasteiger partial charge in [-0.2, -0.15) is 8.42 Å². The minimum absolute atomic E-state index is 0.261. The maximum absolute atomic E-state index is 13.0. The van der Waals surface area contributed by atoms with Gasteiger partial charge < -0.3 is 40.3 Å². The number of hydrogen-bond acceptors (Lipinski definition) is 11. The summed E-state index contributed by atoms with van der Waals surface area (Å²) in [4.78, 5) is 13.0. The van der Waals surface area contributed by atoms with Crippen LogP contribution >= 0.6 is 0 Å². The van der Waals surface area contributed by atoms with Crippen LogP contribution in [-0.4, -0.2) is 107 Å². The smallest absolute Gasteiger partial charge is 0.394 e. The van der Waals surface area contributed by atoms with Crippen LogP contribution in [0, 0.1) is 0 Å². The SMILES string of the molecule is CCCCCCCCCCCCCCCCCC/C=C\CCCCCCCCCCCCCCCCCCC(O)C(=O)NC(COC1OC(CO)C(O)C(OS(=O)(=O)O)C1O)C(O)CCCCC. The Morgan fingerprint density at radius 2 is 0.941 bits per heavy atom. The molecule has 7 N–H and O–H groups in total. The van der Waals surface area contributed by atoms with Crippen LogP contribution in [0.3, 0.4) is 0 Å². The summed E-state index contributed by atoms with van der Waals surface area (Å²) in [5, 5.41) is 54.7. The van der Waals surface area contributed by atoms with Crippen molar-refractivity contribution in [3.05, 3.63) is 12.2 Å². The van der Waals surface area contributed by atoms with Crippen LogP contribution in [0.1, 0.15) is 264 Å². The zero-order valence-electron chi connectivity index (χ0n) is 43.3. The minimum atomic E-state index is -5.10. The second-order valence-corrected chi connectivity index (χ2v) is 21.1. The van der Waals surface area contributed by atoms with Crippen molar-refractivity contribution in [3.63, 3.8) is 0 Å². The Bertz CT molecular complexity index is 1270. The van der Waals surface area contributed by atoms with Crippen LogP contribution in [0.25, 0.3) is 0 Å². The summed E-state index contributed by atoms with van der Waals surface area (Å²) in [7, 11) is -5.10. The van der Waals surface area contributed by atoms with Crippen LogP contribution in [0.15, 0.2) is 12.2 Å². The number of aliphatic hydroxyl groups is 5. The van der Waals surface area contributed by atoms with Gasteiger partial charge in [0.2, 0.25) is 5.91 Å². The molecule has 14 heteroatoms. The molecule has 0 radical (unpaired) electrons. The first-order valence-corrected chi connectivity index (χ1v) is 29.5. The van der Waals surface area contributed by atoms with Gasteiger partial charge in [0.15, 0.2) is 6.29 Å². The summed E-state index contributed by atoms with van der Waals surface area (Å²) in [6, 6.07) is -1.03. The van der Waals surface area contributed by atoms with Gasteiger partial charge in [-0.15, -0.1) is 0 Å². The molecular formula is C54H105NO12S. The van der Waals surface area contributed by atoms with Crippen LogP contribution in [0.4, 0.5) is 0 Å². The van der Waals surface area contributed by atoms with Gasteiger partial charge in [-0.3, -0.25) is 9.35 Å². The van der Waals surface area contributed by atoms with Gasteiger partial charge in [-0.1, -0.05) is 238 Å². The lowest BCUT2D eigenvalue weighted by atomic mass is 9.99. The van der Waals surface area contributed by atoms with Crippen molar-refractivity contribution in [1.82, 2.24) is 5.32 Å². The molecule has 8 unspecified atom stereocenters. The number of ether oxygens (including phenoxy) is 2. The van der Waals surface area contributed by atoms with Crippen molar-refractivity contribution in [2.45, 2.75) is 313 Å². The molecule has 0 aliphatic carbocycles. The predicted molar refractivity (Wildman–Crippen MR) is 275 cm³/mol. The number of allylic oxidation sites excluding steroid dienone is 2. The molecule has 0 aromatic carbocycles. The monoisotopic (exact) mass is 992 g/mol. The van der Waals surface area contributed by atoms with E-state index in [1.165, 1.54) is 193 Å². The summed E-state index contributed by atoms with van der Waals surface area (Å²) >= 11 is 0. The summed E-state index contributed by atoms with van der Waals surface area (Å²) in [5.41, 5.74) is 0. The fourth-order valence-electron chi connectivity index (χ4n) is 9.23. The lowest BCUT2D eigenvalue weighted by Gasteiger charge is -2.41. The molecule has 1 rings (SSSR count). The quantitative estimate of drug-likeness (QED) is 0.0172. The molecular weight excluding hydrogens is 887 g/mol. The lowest BCUT2D eigenvalue weighted by Crippen LogP contribution is -2.61. The molecule has 1 aliphatic heterocycles. The van der Waals surface area contributed by atoms with Crippen LogP contribution in [0.5, 0.6) is 0 Å². The summed E-state index contributed by atoms with van der Waals surface area (Å²) in [6.07, 6.45) is 41.6. The third-order valence-electron chi connectivity index (χ3n) is 13.7. The fourth-order valence-corrected chi connectivity index (χ4v) is 9.74. The molecule has 0 aromatic heterocycles. The summed E-state index contributed by atoms with van der Waals surface area (Å²) in [5.74, 6) is -0.677.